The number of nitrogens with one attached hydrogen (secondary N) is 1. The number of anilines is 2. The molecular formula is C17H17BrClN3O3. The van der Waals surface area contributed by atoms with E-state index in [1.54, 1.807) is 30.5 Å². The number of rotatable bonds is 5. The Kier molecular flexibility index (Phi) is 6.12. The van der Waals surface area contributed by atoms with Crippen LogP contribution in [-0.4, -0.2) is 43.8 Å². The van der Waals surface area contributed by atoms with Crippen molar-refractivity contribution in [3.05, 3.63) is 46.0 Å². The van der Waals surface area contributed by atoms with Crippen molar-refractivity contribution in [1.82, 2.24) is 4.98 Å². The highest BCUT2D eigenvalue weighted by Crippen LogP contribution is 2.27. The van der Waals surface area contributed by atoms with Gasteiger partial charge in [0.25, 0.3) is 5.91 Å². The molecule has 0 saturated carbocycles. The van der Waals surface area contributed by atoms with Crippen molar-refractivity contribution >= 4 is 44.9 Å². The maximum absolute atomic E-state index is 12.0. The summed E-state index contributed by atoms with van der Waals surface area (Å²) in [6, 6.07) is 8.91. The molecule has 3 rings (SSSR count). The summed E-state index contributed by atoms with van der Waals surface area (Å²) in [6.07, 6.45) is 1.74. The highest BCUT2D eigenvalue weighted by Gasteiger charge is 2.12. The van der Waals surface area contributed by atoms with Gasteiger partial charge in [0, 0.05) is 17.6 Å². The van der Waals surface area contributed by atoms with Gasteiger partial charge in [0.15, 0.2) is 6.61 Å². The second kappa shape index (κ2) is 8.51. The third kappa shape index (κ3) is 5.07. The summed E-state index contributed by atoms with van der Waals surface area (Å²) >= 11 is 9.37. The average molecular weight is 427 g/mol. The fraction of sp³-hybridized carbons (Fsp3) is 0.294. The highest BCUT2D eigenvalue weighted by molar-refractivity contribution is 9.10. The first-order valence-electron chi connectivity index (χ1n) is 7.78. The van der Waals surface area contributed by atoms with Crippen LogP contribution in [0, 0.1) is 0 Å². The van der Waals surface area contributed by atoms with Crippen molar-refractivity contribution in [2.45, 2.75) is 0 Å². The van der Waals surface area contributed by atoms with E-state index in [1.165, 1.54) is 0 Å². The van der Waals surface area contributed by atoms with Crippen molar-refractivity contribution in [3.63, 3.8) is 0 Å². The van der Waals surface area contributed by atoms with Gasteiger partial charge in [0.05, 0.1) is 30.1 Å². The summed E-state index contributed by atoms with van der Waals surface area (Å²) in [5, 5.41) is 3.14. The van der Waals surface area contributed by atoms with Crippen molar-refractivity contribution in [3.8, 4) is 5.75 Å². The molecule has 132 valence electrons. The number of nitrogens with zero attached hydrogens (tertiary/aromatic N) is 2. The Balaban J connectivity index is 1.52. The molecule has 0 bridgehead atoms. The molecule has 1 amide bonds. The zero-order chi connectivity index (χ0) is 17.6. The van der Waals surface area contributed by atoms with Crippen LogP contribution in [0.2, 0.25) is 5.02 Å². The molecule has 1 aliphatic rings. The minimum Gasteiger partial charge on any atom is -0.482 e. The number of carbonyl (C=O) groups is 1. The second-order valence-electron chi connectivity index (χ2n) is 5.41. The normalized spacial score (nSPS) is 14.2. The summed E-state index contributed by atoms with van der Waals surface area (Å²) in [4.78, 5) is 18.5. The number of benzene rings is 1. The third-order valence-electron chi connectivity index (χ3n) is 3.64. The minimum absolute atomic E-state index is 0.145. The Hall–Kier alpha value is -1.83. The Labute approximate surface area is 159 Å². The zero-order valence-electron chi connectivity index (χ0n) is 13.4. The van der Waals surface area contributed by atoms with E-state index >= 15 is 0 Å². The van der Waals surface area contributed by atoms with Gasteiger partial charge in [0.1, 0.15) is 11.6 Å². The number of pyridine rings is 1. The van der Waals surface area contributed by atoms with Gasteiger partial charge in [-0.1, -0.05) is 27.5 Å². The Morgan fingerprint density at radius 2 is 2.12 bits per heavy atom. The molecular weight excluding hydrogens is 410 g/mol. The van der Waals surface area contributed by atoms with Crippen molar-refractivity contribution in [2.75, 3.05) is 43.1 Å². The molecule has 1 saturated heterocycles. The Morgan fingerprint density at radius 1 is 1.32 bits per heavy atom. The van der Waals surface area contributed by atoms with Gasteiger partial charge < -0.3 is 19.7 Å². The first-order valence-corrected chi connectivity index (χ1v) is 8.95. The molecule has 6 nitrogen and oxygen atoms in total. The van der Waals surface area contributed by atoms with Gasteiger partial charge in [-0.05, 0) is 30.3 Å². The molecule has 0 aliphatic carbocycles. The lowest BCUT2D eigenvalue weighted by atomic mass is 10.3. The van der Waals surface area contributed by atoms with E-state index in [0.717, 1.165) is 23.2 Å². The molecule has 1 N–H and O–H groups in total. The standard InChI is InChI=1S/C17H17BrClN3O3/c18-12-1-3-15(14(19)9-12)25-11-17(23)21-16-4-2-13(10-20-16)22-5-7-24-8-6-22/h1-4,9-10H,5-8,11H2,(H,20,21,23). The first kappa shape index (κ1) is 18.0. The fourth-order valence-electron chi connectivity index (χ4n) is 2.38. The predicted octanol–water partition coefficient (Wildman–Crippen LogP) is 3.35. The number of morpholine rings is 1. The smallest absolute Gasteiger partial charge is 0.263 e. The number of halogens is 2. The Bertz CT molecular complexity index is 736. The van der Waals surface area contributed by atoms with Gasteiger partial charge in [-0.2, -0.15) is 0 Å². The summed E-state index contributed by atoms with van der Waals surface area (Å²) < 4.78 is 11.6. The van der Waals surface area contributed by atoms with E-state index in [-0.39, 0.29) is 12.5 Å². The minimum atomic E-state index is -0.300. The topological polar surface area (TPSA) is 63.7 Å². The van der Waals surface area contributed by atoms with E-state index < -0.39 is 0 Å². The number of carbonyl (C=O) groups excluding carboxylic acids is 1. The third-order valence-corrected chi connectivity index (χ3v) is 4.43. The average Bonchev–Trinajstić information content (AvgIpc) is 2.62. The van der Waals surface area contributed by atoms with Gasteiger partial charge in [0.2, 0.25) is 0 Å². The lowest BCUT2D eigenvalue weighted by Crippen LogP contribution is -2.36. The molecule has 25 heavy (non-hydrogen) atoms. The van der Waals surface area contributed by atoms with E-state index in [4.69, 9.17) is 21.1 Å². The first-order chi connectivity index (χ1) is 12.1. The second-order valence-corrected chi connectivity index (χ2v) is 6.74. The van der Waals surface area contributed by atoms with Crippen molar-refractivity contribution in [2.24, 2.45) is 0 Å². The van der Waals surface area contributed by atoms with Crippen LogP contribution in [-0.2, 0) is 9.53 Å². The van der Waals surface area contributed by atoms with E-state index in [0.29, 0.717) is 29.8 Å². The van der Waals surface area contributed by atoms with Crippen LogP contribution in [0.1, 0.15) is 0 Å². The maximum Gasteiger partial charge on any atom is 0.263 e. The van der Waals surface area contributed by atoms with Crippen LogP contribution in [0.4, 0.5) is 11.5 Å². The Morgan fingerprint density at radius 3 is 2.80 bits per heavy atom. The number of ether oxygens (including phenoxy) is 2. The fourth-order valence-corrected chi connectivity index (χ4v) is 3.11. The van der Waals surface area contributed by atoms with Crippen LogP contribution in [0.3, 0.4) is 0 Å². The summed E-state index contributed by atoms with van der Waals surface area (Å²) in [5.74, 6) is 0.633. The molecule has 0 atom stereocenters. The van der Waals surface area contributed by atoms with Crippen LogP contribution in [0.25, 0.3) is 0 Å². The molecule has 1 aromatic heterocycles. The van der Waals surface area contributed by atoms with E-state index in [1.807, 2.05) is 6.07 Å². The number of hydrogen-bond acceptors (Lipinski definition) is 5. The number of amides is 1. The summed E-state index contributed by atoms with van der Waals surface area (Å²) in [7, 11) is 0. The molecule has 2 aromatic rings. The monoisotopic (exact) mass is 425 g/mol. The summed E-state index contributed by atoms with van der Waals surface area (Å²) in [6.45, 7) is 2.97. The number of aromatic nitrogens is 1. The van der Waals surface area contributed by atoms with Crippen molar-refractivity contribution in [1.29, 1.82) is 0 Å². The lowest BCUT2D eigenvalue weighted by Gasteiger charge is -2.28. The molecule has 1 aliphatic heterocycles. The molecule has 0 spiro atoms. The van der Waals surface area contributed by atoms with Crippen LogP contribution < -0.4 is 15.0 Å². The molecule has 0 radical (unpaired) electrons. The van der Waals surface area contributed by atoms with Crippen LogP contribution in [0.5, 0.6) is 5.75 Å². The van der Waals surface area contributed by atoms with Crippen LogP contribution in [0.15, 0.2) is 41.0 Å². The lowest BCUT2D eigenvalue weighted by molar-refractivity contribution is -0.118. The zero-order valence-corrected chi connectivity index (χ0v) is 15.7. The van der Waals surface area contributed by atoms with Gasteiger partial charge in [-0.25, -0.2) is 4.98 Å². The maximum atomic E-state index is 12.0. The largest absolute Gasteiger partial charge is 0.482 e. The molecule has 1 aromatic carbocycles. The van der Waals surface area contributed by atoms with Gasteiger partial charge in [-0.3, -0.25) is 4.79 Å². The van der Waals surface area contributed by atoms with Gasteiger partial charge in [-0.15, -0.1) is 0 Å². The molecule has 1 fully saturated rings. The molecule has 2 heterocycles. The summed E-state index contributed by atoms with van der Waals surface area (Å²) in [5.41, 5.74) is 1.01. The molecule has 8 heteroatoms. The van der Waals surface area contributed by atoms with E-state index in [9.17, 15) is 4.79 Å². The molecule has 0 unspecified atom stereocenters. The van der Waals surface area contributed by atoms with Crippen molar-refractivity contribution < 1.29 is 14.3 Å². The quantitative estimate of drug-likeness (QED) is 0.794. The van der Waals surface area contributed by atoms with Gasteiger partial charge >= 0.3 is 0 Å². The highest BCUT2D eigenvalue weighted by atomic mass is 79.9. The van der Waals surface area contributed by atoms with E-state index in [2.05, 4.69) is 31.1 Å². The number of hydrogen-bond donors (Lipinski definition) is 1. The SMILES string of the molecule is O=C(COc1ccc(Br)cc1Cl)Nc1ccc(N2CCOCC2)cn1. The van der Waals surface area contributed by atoms with Crippen LogP contribution >= 0.6 is 27.5 Å². The predicted molar refractivity (Wildman–Crippen MR) is 101 cm³/mol.